The maximum Gasteiger partial charge on any atom is 0.261 e. The average molecular weight is 320 g/mol. The second-order valence-electron chi connectivity index (χ2n) is 4.96. The minimum absolute atomic E-state index is 0.173. The third-order valence-corrected chi connectivity index (χ3v) is 4.55. The van der Waals surface area contributed by atoms with Crippen LogP contribution in [0.1, 0.15) is 9.67 Å². The van der Waals surface area contributed by atoms with Crippen LogP contribution < -0.4 is 11.1 Å². The van der Waals surface area contributed by atoms with Crippen molar-refractivity contribution in [2.75, 3.05) is 38.2 Å². The molecule has 1 aliphatic rings. The summed E-state index contributed by atoms with van der Waals surface area (Å²) in [5, 5.41) is 3.54. The summed E-state index contributed by atoms with van der Waals surface area (Å²) in [5.41, 5.74) is 5.86. The minimum atomic E-state index is -0.565. The fourth-order valence-electron chi connectivity index (χ4n) is 2.37. The molecule has 3 heterocycles. The summed E-state index contributed by atoms with van der Waals surface area (Å²) in [5.74, 6) is -0.738. The minimum Gasteiger partial charge on any atom is -0.379 e. The molecule has 0 atom stereocenters. The highest BCUT2D eigenvalue weighted by Gasteiger charge is 2.20. The first-order valence-corrected chi connectivity index (χ1v) is 7.74. The average Bonchev–Trinajstić information content (AvgIpc) is 2.87. The number of rotatable bonds is 4. The molecule has 0 bridgehead atoms. The number of carbonyl (C=O) groups is 2. The number of hydrogen-bond donors (Lipinski definition) is 2. The summed E-state index contributed by atoms with van der Waals surface area (Å²) in [6, 6.07) is 3.58. The van der Waals surface area contributed by atoms with Crippen LogP contribution in [0.3, 0.4) is 0 Å². The number of nitrogens with two attached hydrogens (primary N) is 1. The molecule has 1 aliphatic heterocycles. The number of carbonyl (C=O) groups excluding carboxylic acids is 2. The molecular weight excluding hydrogens is 304 g/mol. The first kappa shape index (κ1) is 14.9. The van der Waals surface area contributed by atoms with Crippen LogP contribution >= 0.6 is 11.3 Å². The van der Waals surface area contributed by atoms with E-state index in [9.17, 15) is 9.59 Å². The van der Waals surface area contributed by atoms with Crippen LogP contribution in [-0.4, -0.2) is 54.5 Å². The number of fused-ring (bicyclic) bond motifs is 1. The number of aromatic nitrogens is 1. The Labute approximate surface area is 131 Å². The lowest BCUT2D eigenvalue weighted by molar-refractivity contribution is -0.118. The Kier molecular flexibility index (Phi) is 4.32. The van der Waals surface area contributed by atoms with Crippen LogP contribution in [0.15, 0.2) is 18.3 Å². The Morgan fingerprint density at radius 3 is 2.91 bits per heavy atom. The number of thiophene rings is 1. The zero-order valence-electron chi connectivity index (χ0n) is 11.9. The molecule has 2 amide bonds. The lowest BCUT2D eigenvalue weighted by atomic mass is 10.2. The number of anilines is 1. The third kappa shape index (κ3) is 3.08. The van der Waals surface area contributed by atoms with Crippen molar-refractivity contribution in [3.63, 3.8) is 0 Å². The van der Waals surface area contributed by atoms with Crippen molar-refractivity contribution >= 4 is 39.1 Å². The molecule has 0 aromatic carbocycles. The highest BCUT2D eigenvalue weighted by molar-refractivity contribution is 7.21. The van der Waals surface area contributed by atoms with Gasteiger partial charge >= 0.3 is 0 Å². The maximum atomic E-state index is 12.2. The standard InChI is InChI=1S/C14H16N4O3S/c15-13(20)12-11(9-2-1-3-16-14(9)22-12)17-10(19)8-18-4-6-21-7-5-18/h1-3H,4-8H2,(H2,15,20)(H,17,19). The summed E-state index contributed by atoms with van der Waals surface area (Å²) in [6.07, 6.45) is 1.64. The molecular formula is C14H16N4O3S. The molecule has 1 saturated heterocycles. The number of nitrogens with one attached hydrogen (secondary N) is 1. The number of hydrogen-bond acceptors (Lipinski definition) is 6. The lowest BCUT2D eigenvalue weighted by Gasteiger charge is -2.25. The van der Waals surface area contributed by atoms with Crippen molar-refractivity contribution in [2.45, 2.75) is 0 Å². The summed E-state index contributed by atoms with van der Waals surface area (Å²) in [7, 11) is 0. The van der Waals surface area contributed by atoms with Crippen LogP contribution in [0.4, 0.5) is 5.69 Å². The van der Waals surface area contributed by atoms with Crippen molar-refractivity contribution in [3.05, 3.63) is 23.2 Å². The van der Waals surface area contributed by atoms with E-state index in [1.807, 2.05) is 11.0 Å². The van der Waals surface area contributed by atoms with Crippen molar-refractivity contribution in [1.82, 2.24) is 9.88 Å². The van der Waals surface area contributed by atoms with Crippen molar-refractivity contribution in [1.29, 1.82) is 0 Å². The predicted molar refractivity (Wildman–Crippen MR) is 84.0 cm³/mol. The summed E-state index contributed by atoms with van der Waals surface area (Å²) < 4.78 is 5.25. The summed E-state index contributed by atoms with van der Waals surface area (Å²) in [6.45, 7) is 2.97. The number of morpholine rings is 1. The molecule has 7 nitrogen and oxygen atoms in total. The predicted octanol–water partition coefficient (Wildman–Crippen LogP) is 0.666. The van der Waals surface area contributed by atoms with Crippen LogP contribution in [-0.2, 0) is 9.53 Å². The van der Waals surface area contributed by atoms with Gasteiger partial charge in [-0.3, -0.25) is 14.5 Å². The quantitative estimate of drug-likeness (QED) is 0.863. The van der Waals surface area contributed by atoms with E-state index in [4.69, 9.17) is 10.5 Å². The fraction of sp³-hybridized carbons (Fsp3) is 0.357. The normalized spacial score (nSPS) is 15.8. The molecule has 0 aliphatic carbocycles. The van der Waals surface area contributed by atoms with Gasteiger partial charge in [-0.25, -0.2) is 4.98 Å². The second-order valence-corrected chi connectivity index (χ2v) is 5.96. The summed E-state index contributed by atoms with van der Waals surface area (Å²) in [4.78, 5) is 31.0. The molecule has 2 aromatic heterocycles. The molecule has 1 fully saturated rings. The first-order valence-electron chi connectivity index (χ1n) is 6.92. The third-order valence-electron chi connectivity index (χ3n) is 3.43. The topological polar surface area (TPSA) is 97.6 Å². The van der Waals surface area contributed by atoms with Crippen LogP contribution in [0.2, 0.25) is 0 Å². The van der Waals surface area contributed by atoms with Gasteiger partial charge in [0, 0.05) is 24.7 Å². The van der Waals surface area contributed by atoms with Gasteiger partial charge in [0.25, 0.3) is 5.91 Å². The van der Waals surface area contributed by atoms with E-state index >= 15 is 0 Å². The Hall–Kier alpha value is -2.03. The van der Waals surface area contributed by atoms with E-state index in [1.54, 1.807) is 12.3 Å². The van der Waals surface area contributed by atoms with Gasteiger partial charge < -0.3 is 15.8 Å². The first-order chi connectivity index (χ1) is 10.6. The van der Waals surface area contributed by atoms with Gasteiger partial charge in [0.05, 0.1) is 25.4 Å². The largest absolute Gasteiger partial charge is 0.379 e. The SMILES string of the molecule is NC(=O)c1sc2ncccc2c1NC(=O)CN1CCOCC1. The fourth-order valence-corrected chi connectivity index (χ4v) is 3.32. The number of nitrogens with zero attached hydrogens (tertiary/aromatic N) is 2. The van der Waals surface area contributed by atoms with Gasteiger partial charge in [-0.2, -0.15) is 0 Å². The molecule has 8 heteroatoms. The Bertz CT molecular complexity index is 709. The summed E-state index contributed by atoms with van der Waals surface area (Å²) >= 11 is 1.19. The molecule has 0 spiro atoms. The molecule has 0 saturated carbocycles. The van der Waals surface area contributed by atoms with Gasteiger partial charge in [0.15, 0.2) is 0 Å². The Morgan fingerprint density at radius 2 is 2.18 bits per heavy atom. The molecule has 2 aromatic rings. The van der Waals surface area contributed by atoms with Crippen molar-refractivity contribution in [2.24, 2.45) is 5.73 Å². The maximum absolute atomic E-state index is 12.2. The number of ether oxygens (including phenoxy) is 1. The van der Waals surface area contributed by atoms with E-state index in [1.165, 1.54) is 11.3 Å². The monoisotopic (exact) mass is 320 g/mol. The molecule has 0 unspecified atom stereocenters. The van der Waals surface area contributed by atoms with E-state index in [2.05, 4.69) is 10.3 Å². The van der Waals surface area contributed by atoms with Gasteiger partial charge in [-0.1, -0.05) is 0 Å². The van der Waals surface area contributed by atoms with Crippen LogP contribution in [0, 0.1) is 0 Å². The smallest absolute Gasteiger partial charge is 0.261 e. The zero-order valence-corrected chi connectivity index (χ0v) is 12.7. The molecule has 3 N–H and O–H groups in total. The van der Waals surface area contributed by atoms with Crippen LogP contribution in [0.25, 0.3) is 10.2 Å². The van der Waals surface area contributed by atoms with E-state index in [0.717, 1.165) is 18.5 Å². The van der Waals surface area contributed by atoms with Crippen LogP contribution in [0.5, 0.6) is 0 Å². The zero-order chi connectivity index (χ0) is 15.5. The van der Waals surface area contributed by atoms with E-state index in [-0.39, 0.29) is 12.5 Å². The Morgan fingerprint density at radius 1 is 1.41 bits per heavy atom. The molecule has 0 radical (unpaired) electrons. The molecule has 116 valence electrons. The second kappa shape index (κ2) is 6.39. The number of amides is 2. The van der Waals surface area contributed by atoms with Gasteiger partial charge in [-0.15, -0.1) is 11.3 Å². The van der Waals surface area contributed by atoms with E-state index < -0.39 is 5.91 Å². The molecule has 22 heavy (non-hydrogen) atoms. The highest BCUT2D eigenvalue weighted by atomic mass is 32.1. The number of primary amides is 1. The molecule has 3 rings (SSSR count). The van der Waals surface area contributed by atoms with Crippen molar-refractivity contribution < 1.29 is 14.3 Å². The van der Waals surface area contributed by atoms with Gasteiger partial charge in [0.2, 0.25) is 5.91 Å². The van der Waals surface area contributed by atoms with Crippen molar-refractivity contribution in [3.8, 4) is 0 Å². The van der Waals surface area contributed by atoms with E-state index in [0.29, 0.717) is 28.6 Å². The lowest BCUT2D eigenvalue weighted by Crippen LogP contribution is -2.41. The number of pyridine rings is 1. The highest BCUT2D eigenvalue weighted by Crippen LogP contribution is 2.34. The van der Waals surface area contributed by atoms with Gasteiger partial charge in [-0.05, 0) is 12.1 Å². The Balaban J connectivity index is 1.81. The van der Waals surface area contributed by atoms with Gasteiger partial charge in [0.1, 0.15) is 9.71 Å².